The summed E-state index contributed by atoms with van der Waals surface area (Å²) in [5.74, 6) is -1.37. The fourth-order valence-corrected chi connectivity index (χ4v) is 3.42. The van der Waals surface area contributed by atoms with E-state index in [2.05, 4.69) is 5.48 Å². The molecule has 0 atom stereocenters. The summed E-state index contributed by atoms with van der Waals surface area (Å²) in [4.78, 5) is 31.9. The van der Waals surface area contributed by atoms with Gasteiger partial charge in [-0.1, -0.05) is 18.2 Å². The number of aromatic hydroxyl groups is 2. The number of carbonyl (C=O) groups is 2. The van der Waals surface area contributed by atoms with Crippen LogP contribution in [0.15, 0.2) is 42.1 Å². The summed E-state index contributed by atoms with van der Waals surface area (Å²) in [5, 5.41) is 20.2. The zero-order chi connectivity index (χ0) is 22.1. The van der Waals surface area contributed by atoms with E-state index in [1.807, 2.05) is 18.2 Å². The van der Waals surface area contributed by atoms with Gasteiger partial charge in [-0.3, -0.25) is 15.1 Å². The van der Waals surface area contributed by atoms with E-state index in [1.165, 1.54) is 6.07 Å². The fourth-order valence-electron chi connectivity index (χ4n) is 3.42. The van der Waals surface area contributed by atoms with Crippen molar-refractivity contribution in [3.63, 3.8) is 0 Å². The number of likely N-dealkylation sites (tertiary alicyclic amines) is 1. The summed E-state index contributed by atoms with van der Waals surface area (Å²) in [6.07, 6.45) is 13.4. The normalized spacial score (nSPS) is 20.2. The van der Waals surface area contributed by atoms with E-state index >= 15 is 0 Å². The molecule has 2 heterocycles. The van der Waals surface area contributed by atoms with Crippen molar-refractivity contribution >= 4 is 18.0 Å². The molecule has 3 N–H and O–H groups in total. The van der Waals surface area contributed by atoms with Gasteiger partial charge in [-0.05, 0) is 55.9 Å². The zero-order valence-corrected chi connectivity index (χ0v) is 17.4. The van der Waals surface area contributed by atoms with E-state index in [1.54, 1.807) is 17.1 Å². The maximum Gasteiger partial charge on any atom is 0.342 e. The first-order valence-electron chi connectivity index (χ1n) is 10.5. The van der Waals surface area contributed by atoms with Gasteiger partial charge in [-0.15, -0.1) is 0 Å². The minimum Gasteiger partial charge on any atom is -0.508 e. The molecule has 0 unspecified atom stereocenters. The average molecular weight is 428 g/mol. The predicted molar refractivity (Wildman–Crippen MR) is 115 cm³/mol. The van der Waals surface area contributed by atoms with Crippen LogP contribution in [-0.2, 0) is 14.4 Å². The Bertz CT molecular complexity index is 884. The zero-order valence-electron chi connectivity index (χ0n) is 17.4. The number of allylic oxidation sites excluding steroid dienone is 3. The molecule has 3 rings (SSSR count). The number of fused-ring (bicyclic) bond motifs is 1. The first-order chi connectivity index (χ1) is 15.0. The molecule has 0 aromatic heterocycles. The number of nitrogens with zero attached hydrogens (tertiary/aromatic N) is 1. The van der Waals surface area contributed by atoms with Gasteiger partial charge in [0.05, 0.1) is 12.3 Å². The molecule has 1 saturated heterocycles. The number of phenolic OH excluding ortho intramolecular Hbond substituents is 2. The molecule has 1 fully saturated rings. The van der Waals surface area contributed by atoms with Crippen molar-refractivity contribution < 1.29 is 29.4 Å². The molecule has 166 valence electrons. The molecular weight excluding hydrogens is 400 g/mol. The monoisotopic (exact) mass is 428 g/mol. The molecule has 1 aromatic rings. The van der Waals surface area contributed by atoms with Gasteiger partial charge in [0.25, 0.3) is 5.91 Å². The highest BCUT2D eigenvalue weighted by molar-refractivity contribution is 5.97. The maximum absolute atomic E-state index is 12.5. The number of hydrogen-bond donors (Lipinski definition) is 3. The highest BCUT2D eigenvalue weighted by atomic mass is 16.6. The lowest BCUT2D eigenvalue weighted by Crippen LogP contribution is -2.33. The summed E-state index contributed by atoms with van der Waals surface area (Å²) >= 11 is 0. The van der Waals surface area contributed by atoms with E-state index in [-0.39, 0.29) is 41.7 Å². The largest absolute Gasteiger partial charge is 0.508 e. The minimum absolute atomic E-state index is 0.0558. The SMILES string of the molecule is O=C1OCCC=CCC/C=C/C(NOCC(=O)N2CCCC2)=C/c2cc(O)cc(O)c21. The van der Waals surface area contributed by atoms with Crippen LogP contribution >= 0.6 is 0 Å². The number of hydrogen-bond acceptors (Lipinski definition) is 7. The minimum atomic E-state index is -0.692. The van der Waals surface area contributed by atoms with E-state index < -0.39 is 5.97 Å². The number of benzene rings is 1. The van der Waals surface area contributed by atoms with E-state index in [0.717, 1.165) is 44.8 Å². The quantitative estimate of drug-likeness (QED) is 0.384. The predicted octanol–water partition coefficient (Wildman–Crippen LogP) is 3.04. The van der Waals surface area contributed by atoms with Crippen LogP contribution in [0.5, 0.6) is 11.5 Å². The number of nitrogens with one attached hydrogen (secondary N) is 1. The molecule has 0 aliphatic carbocycles. The smallest absolute Gasteiger partial charge is 0.342 e. The van der Waals surface area contributed by atoms with Crippen LogP contribution in [0.25, 0.3) is 6.08 Å². The Hall–Kier alpha value is -3.26. The topological polar surface area (TPSA) is 108 Å². The lowest BCUT2D eigenvalue weighted by Gasteiger charge is -2.16. The Labute approximate surface area is 181 Å². The van der Waals surface area contributed by atoms with Crippen molar-refractivity contribution in [2.24, 2.45) is 0 Å². The molecule has 2 aliphatic rings. The van der Waals surface area contributed by atoms with Crippen molar-refractivity contribution in [1.82, 2.24) is 10.4 Å². The van der Waals surface area contributed by atoms with E-state index in [9.17, 15) is 19.8 Å². The van der Waals surface area contributed by atoms with Crippen molar-refractivity contribution in [1.29, 1.82) is 0 Å². The summed E-state index contributed by atoms with van der Waals surface area (Å²) in [5.41, 5.74) is 3.40. The fraction of sp³-hybridized carbons (Fsp3) is 0.391. The molecule has 0 bridgehead atoms. The summed E-state index contributed by atoms with van der Waals surface area (Å²) in [6.45, 7) is 1.54. The lowest BCUT2D eigenvalue weighted by molar-refractivity contribution is -0.137. The molecule has 0 saturated carbocycles. The molecule has 1 aromatic carbocycles. The summed E-state index contributed by atoms with van der Waals surface area (Å²) in [7, 11) is 0. The van der Waals surface area contributed by atoms with Crippen molar-refractivity contribution in [3.05, 3.63) is 53.3 Å². The molecule has 8 heteroatoms. The lowest BCUT2D eigenvalue weighted by atomic mass is 10.0. The molecule has 8 nitrogen and oxygen atoms in total. The molecule has 0 spiro atoms. The highest BCUT2D eigenvalue weighted by Gasteiger charge is 2.20. The third-order valence-electron chi connectivity index (χ3n) is 4.97. The van der Waals surface area contributed by atoms with Crippen LogP contribution in [0.4, 0.5) is 0 Å². The standard InChI is InChI=1S/C23H28N2O6/c26-19-14-17-13-18(24-31-16-21(28)25-10-6-7-11-25)9-5-3-1-2-4-8-12-30-23(29)22(17)20(27)15-19/h2,4-5,9,13-15,24,26-27H,1,3,6-8,10-12,16H2/b4-2?,9-5+,18-13-. The Balaban J connectivity index is 1.82. The number of hydroxylamine groups is 1. The second-order valence-corrected chi connectivity index (χ2v) is 7.38. The van der Waals surface area contributed by atoms with Crippen LogP contribution in [-0.4, -0.2) is 53.3 Å². The number of ether oxygens (including phenoxy) is 1. The second-order valence-electron chi connectivity index (χ2n) is 7.38. The van der Waals surface area contributed by atoms with Gasteiger partial charge in [0.1, 0.15) is 17.1 Å². The first-order valence-corrected chi connectivity index (χ1v) is 10.5. The van der Waals surface area contributed by atoms with Gasteiger partial charge in [-0.2, -0.15) is 0 Å². The number of phenols is 2. The third-order valence-corrected chi connectivity index (χ3v) is 4.97. The Morgan fingerprint density at radius 3 is 2.65 bits per heavy atom. The second kappa shape index (κ2) is 11.2. The molecule has 2 aliphatic heterocycles. The molecule has 1 amide bonds. The number of amides is 1. The van der Waals surface area contributed by atoms with Gasteiger partial charge in [0.15, 0.2) is 6.61 Å². The highest BCUT2D eigenvalue weighted by Crippen LogP contribution is 2.29. The Morgan fingerprint density at radius 2 is 1.84 bits per heavy atom. The van der Waals surface area contributed by atoms with Crippen LogP contribution in [0.3, 0.4) is 0 Å². The van der Waals surface area contributed by atoms with Gasteiger partial charge in [-0.25, -0.2) is 4.79 Å². The number of esters is 1. The van der Waals surface area contributed by atoms with Crippen LogP contribution in [0.2, 0.25) is 0 Å². The Morgan fingerprint density at radius 1 is 1.10 bits per heavy atom. The van der Waals surface area contributed by atoms with E-state index in [0.29, 0.717) is 12.1 Å². The van der Waals surface area contributed by atoms with Gasteiger partial charge in [0, 0.05) is 19.2 Å². The third kappa shape index (κ3) is 6.62. The molecule has 0 radical (unpaired) electrons. The van der Waals surface area contributed by atoms with Crippen molar-refractivity contribution in [2.75, 3.05) is 26.3 Å². The first kappa shape index (κ1) is 22.4. The van der Waals surface area contributed by atoms with Crippen LogP contribution < -0.4 is 5.48 Å². The Kier molecular flexibility index (Phi) is 8.12. The number of carbonyl (C=O) groups excluding carboxylic acids is 2. The maximum atomic E-state index is 12.5. The van der Waals surface area contributed by atoms with E-state index in [4.69, 9.17) is 9.57 Å². The van der Waals surface area contributed by atoms with Gasteiger partial charge >= 0.3 is 5.97 Å². The molecular formula is C23H28N2O6. The molecule has 31 heavy (non-hydrogen) atoms. The number of rotatable bonds is 4. The van der Waals surface area contributed by atoms with Crippen LogP contribution in [0.1, 0.15) is 48.0 Å². The van der Waals surface area contributed by atoms with Crippen molar-refractivity contribution in [3.8, 4) is 11.5 Å². The van der Waals surface area contributed by atoms with Crippen LogP contribution in [0, 0.1) is 0 Å². The average Bonchev–Trinajstić information content (AvgIpc) is 3.26. The summed E-state index contributed by atoms with van der Waals surface area (Å²) < 4.78 is 5.26. The van der Waals surface area contributed by atoms with Gasteiger partial charge in [0.2, 0.25) is 0 Å². The van der Waals surface area contributed by atoms with Gasteiger partial charge < -0.3 is 19.8 Å². The number of cyclic esters (lactones) is 1. The van der Waals surface area contributed by atoms with Crippen molar-refractivity contribution in [2.45, 2.75) is 32.1 Å². The summed E-state index contributed by atoms with van der Waals surface area (Å²) in [6, 6.07) is 2.44.